The average molecular weight is 473 g/mol. The molecule has 4 aromatic rings. The molecule has 1 N–H and O–H groups in total. The van der Waals surface area contributed by atoms with Crippen molar-refractivity contribution in [2.24, 2.45) is 0 Å². The lowest BCUT2D eigenvalue weighted by molar-refractivity contribution is 0.415. The predicted octanol–water partition coefficient (Wildman–Crippen LogP) is 5.81. The Morgan fingerprint density at radius 1 is 0.971 bits per heavy atom. The second-order valence-corrected chi connectivity index (χ2v) is 8.73. The van der Waals surface area contributed by atoms with E-state index in [1.807, 2.05) is 55.5 Å². The predicted molar refractivity (Wildman–Crippen MR) is 136 cm³/mol. The van der Waals surface area contributed by atoms with Crippen LogP contribution in [0.1, 0.15) is 34.7 Å². The molecular weight excluding hydrogens is 447 g/mol. The number of nitrogens with one attached hydrogen (secondary N) is 1. The van der Waals surface area contributed by atoms with Gasteiger partial charge in [0.1, 0.15) is 11.6 Å². The largest absolute Gasteiger partial charge is 0.497 e. The number of methoxy groups -OCH3 is 1. The van der Waals surface area contributed by atoms with Crippen LogP contribution in [0, 0.1) is 19.7 Å². The number of thiocarbonyl (C=S) groups is 1. The Hall–Kier alpha value is -3.71. The molecular formula is C27H25FN4OS. The molecule has 2 aromatic carbocycles. The second kappa shape index (κ2) is 8.91. The zero-order valence-corrected chi connectivity index (χ0v) is 20.0. The van der Waals surface area contributed by atoms with Crippen LogP contribution in [0.2, 0.25) is 0 Å². The fourth-order valence-electron chi connectivity index (χ4n) is 4.81. The van der Waals surface area contributed by atoms with E-state index in [-0.39, 0.29) is 17.9 Å². The minimum Gasteiger partial charge on any atom is -0.497 e. The molecule has 0 spiro atoms. The van der Waals surface area contributed by atoms with Crippen LogP contribution >= 0.6 is 12.2 Å². The van der Waals surface area contributed by atoms with Gasteiger partial charge in [-0.15, -0.1) is 0 Å². The van der Waals surface area contributed by atoms with Crippen molar-refractivity contribution in [3.63, 3.8) is 0 Å². The first-order chi connectivity index (χ1) is 16.5. The van der Waals surface area contributed by atoms with Crippen molar-refractivity contribution in [3.8, 4) is 11.4 Å². The highest BCUT2D eigenvalue weighted by atomic mass is 32.1. The van der Waals surface area contributed by atoms with Gasteiger partial charge in [0.15, 0.2) is 5.11 Å². The molecule has 0 saturated carbocycles. The van der Waals surface area contributed by atoms with Crippen LogP contribution in [0.25, 0.3) is 5.69 Å². The van der Waals surface area contributed by atoms with Crippen molar-refractivity contribution < 1.29 is 9.13 Å². The normalized spacial score (nSPS) is 17.6. The van der Waals surface area contributed by atoms with Gasteiger partial charge in [-0.1, -0.05) is 18.2 Å². The van der Waals surface area contributed by atoms with Crippen LogP contribution < -0.4 is 15.0 Å². The summed E-state index contributed by atoms with van der Waals surface area (Å²) < 4.78 is 21.6. The molecule has 1 fully saturated rings. The van der Waals surface area contributed by atoms with E-state index in [1.54, 1.807) is 25.4 Å². The highest BCUT2D eigenvalue weighted by Gasteiger charge is 2.42. The van der Waals surface area contributed by atoms with Crippen LogP contribution in [-0.2, 0) is 0 Å². The van der Waals surface area contributed by atoms with E-state index in [1.165, 1.54) is 6.07 Å². The third-order valence-corrected chi connectivity index (χ3v) is 6.60. The molecule has 0 aliphatic carbocycles. The lowest BCUT2D eigenvalue weighted by Gasteiger charge is -2.28. The summed E-state index contributed by atoms with van der Waals surface area (Å²) in [4.78, 5) is 6.75. The van der Waals surface area contributed by atoms with Crippen molar-refractivity contribution in [1.29, 1.82) is 0 Å². The summed E-state index contributed by atoms with van der Waals surface area (Å²) in [5.74, 6) is 0.491. The van der Waals surface area contributed by atoms with E-state index in [2.05, 4.69) is 32.8 Å². The van der Waals surface area contributed by atoms with Gasteiger partial charge in [0, 0.05) is 35.0 Å². The van der Waals surface area contributed by atoms with E-state index in [9.17, 15) is 4.39 Å². The zero-order chi connectivity index (χ0) is 23.8. The second-order valence-electron chi connectivity index (χ2n) is 8.34. The van der Waals surface area contributed by atoms with Crippen molar-refractivity contribution in [2.75, 3.05) is 12.0 Å². The highest BCUT2D eigenvalue weighted by molar-refractivity contribution is 7.80. The van der Waals surface area contributed by atoms with Gasteiger partial charge in [-0.3, -0.25) is 4.98 Å². The summed E-state index contributed by atoms with van der Waals surface area (Å²) in [5, 5.41) is 4.11. The average Bonchev–Trinajstić information content (AvgIpc) is 3.34. The van der Waals surface area contributed by atoms with Gasteiger partial charge in [-0.2, -0.15) is 0 Å². The first-order valence-electron chi connectivity index (χ1n) is 11.1. The minimum atomic E-state index is -0.264. The van der Waals surface area contributed by atoms with E-state index in [0.717, 1.165) is 39.8 Å². The van der Waals surface area contributed by atoms with E-state index >= 15 is 0 Å². The summed E-state index contributed by atoms with van der Waals surface area (Å²) >= 11 is 5.84. The van der Waals surface area contributed by atoms with Gasteiger partial charge in [0.25, 0.3) is 0 Å². The smallest absolute Gasteiger partial charge is 0.174 e. The fourth-order valence-corrected chi connectivity index (χ4v) is 5.15. The number of hydrogen-bond acceptors (Lipinski definition) is 3. The Kier molecular flexibility index (Phi) is 5.79. The standard InChI is InChI=1S/C27H25FN4OS/c1-17-14-23(18(2)31(17)20-9-6-8-19(28)15-20)26-25(24-12-4-5-13-29-24)30-27(34)32(26)21-10-7-11-22(16-21)33-3/h4-16,25-26H,1-3H3,(H,30,34). The molecule has 0 amide bonds. The molecule has 2 atom stereocenters. The summed E-state index contributed by atoms with van der Waals surface area (Å²) in [6.45, 7) is 4.10. The maximum Gasteiger partial charge on any atom is 0.174 e. The van der Waals surface area contributed by atoms with Crippen molar-refractivity contribution in [3.05, 3.63) is 107 Å². The van der Waals surface area contributed by atoms with Crippen LogP contribution in [-0.4, -0.2) is 21.8 Å². The molecule has 3 heterocycles. The van der Waals surface area contributed by atoms with E-state index in [4.69, 9.17) is 17.0 Å². The first kappa shape index (κ1) is 22.1. The summed E-state index contributed by atoms with van der Waals surface area (Å²) in [6, 6.07) is 22.3. The molecule has 1 saturated heterocycles. The summed E-state index contributed by atoms with van der Waals surface area (Å²) in [7, 11) is 1.65. The number of rotatable bonds is 5. The number of aryl methyl sites for hydroxylation is 1. The molecule has 0 radical (unpaired) electrons. The Morgan fingerprint density at radius 3 is 2.50 bits per heavy atom. The number of halogens is 1. The molecule has 5 nitrogen and oxygen atoms in total. The fraction of sp³-hybridized carbons (Fsp3) is 0.185. The zero-order valence-electron chi connectivity index (χ0n) is 19.2. The molecule has 172 valence electrons. The molecule has 1 aliphatic heterocycles. The number of nitrogens with zero attached hydrogens (tertiary/aromatic N) is 3. The minimum absolute atomic E-state index is 0.164. The van der Waals surface area contributed by atoms with Gasteiger partial charge in [-0.05, 0) is 80.2 Å². The SMILES string of the molecule is COc1cccc(N2C(=S)NC(c3ccccn3)C2c2cc(C)n(-c3cccc(F)c3)c2C)c1. The Bertz CT molecular complexity index is 1350. The van der Waals surface area contributed by atoms with E-state index in [0.29, 0.717) is 5.11 Å². The highest BCUT2D eigenvalue weighted by Crippen LogP contribution is 2.44. The van der Waals surface area contributed by atoms with Crippen LogP contribution in [0.15, 0.2) is 79.0 Å². The third-order valence-electron chi connectivity index (χ3n) is 6.28. The van der Waals surface area contributed by atoms with Gasteiger partial charge < -0.3 is 19.5 Å². The molecule has 34 heavy (non-hydrogen) atoms. The number of aromatic nitrogens is 2. The third kappa shape index (κ3) is 3.82. The number of anilines is 1. The first-order valence-corrected chi connectivity index (χ1v) is 11.5. The lowest BCUT2D eigenvalue weighted by Crippen LogP contribution is -2.29. The summed E-state index contributed by atoms with van der Waals surface area (Å²) in [5.41, 5.74) is 5.74. The molecule has 2 unspecified atom stereocenters. The van der Waals surface area contributed by atoms with Crippen molar-refractivity contribution >= 4 is 23.0 Å². The topological polar surface area (TPSA) is 42.3 Å². The quantitative estimate of drug-likeness (QED) is 0.371. The van der Waals surface area contributed by atoms with Gasteiger partial charge in [0.05, 0.1) is 24.9 Å². The Labute approximate surface area is 203 Å². The number of hydrogen-bond donors (Lipinski definition) is 1. The lowest BCUT2D eigenvalue weighted by atomic mass is 9.96. The Morgan fingerprint density at radius 2 is 1.76 bits per heavy atom. The van der Waals surface area contributed by atoms with Crippen molar-refractivity contribution in [1.82, 2.24) is 14.9 Å². The van der Waals surface area contributed by atoms with Gasteiger partial charge >= 0.3 is 0 Å². The van der Waals surface area contributed by atoms with Gasteiger partial charge in [-0.25, -0.2) is 4.39 Å². The molecule has 7 heteroatoms. The van der Waals surface area contributed by atoms with E-state index < -0.39 is 0 Å². The van der Waals surface area contributed by atoms with Crippen LogP contribution in [0.3, 0.4) is 0 Å². The number of pyridine rings is 1. The summed E-state index contributed by atoms with van der Waals surface area (Å²) in [6.07, 6.45) is 1.79. The van der Waals surface area contributed by atoms with Crippen LogP contribution in [0.5, 0.6) is 5.75 Å². The Balaban J connectivity index is 1.69. The molecule has 2 aromatic heterocycles. The number of ether oxygens (including phenoxy) is 1. The van der Waals surface area contributed by atoms with Crippen molar-refractivity contribution in [2.45, 2.75) is 25.9 Å². The molecule has 1 aliphatic rings. The van der Waals surface area contributed by atoms with Crippen LogP contribution in [0.4, 0.5) is 10.1 Å². The number of benzene rings is 2. The molecule has 0 bridgehead atoms. The molecule has 5 rings (SSSR count). The monoisotopic (exact) mass is 472 g/mol. The maximum absolute atomic E-state index is 14.0. The maximum atomic E-state index is 14.0. The van der Waals surface area contributed by atoms with Gasteiger partial charge in [0.2, 0.25) is 0 Å².